The molecule has 0 saturated carbocycles. The number of hydrogen-bond donors (Lipinski definition) is 1. The maximum absolute atomic E-state index is 4.17. The Hall–Kier alpha value is -1.65. The topological polar surface area (TPSA) is 57.2 Å². The number of aromatic nitrogens is 3. The SMILES string of the molecule is C(=N/C=C/c1cn[nH]n1)N1CCCC1. The minimum absolute atomic E-state index is 0.795. The smallest absolute Gasteiger partial charge is 0.107 e. The number of rotatable bonds is 3. The average molecular weight is 191 g/mol. The predicted octanol–water partition coefficient (Wildman–Crippen LogP) is 0.899. The number of H-pyrrole nitrogens is 1. The van der Waals surface area contributed by atoms with Gasteiger partial charge in [0.1, 0.15) is 5.69 Å². The van der Waals surface area contributed by atoms with Gasteiger partial charge in [-0.05, 0) is 18.9 Å². The van der Waals surface area contributed by atoms with Gasteiger partial charge in [-0.2, -0.15) is 15.4 Å². The molecule has 0 bridgehead atoms. The fourth-order valence-electron chi connectivity index (χ4n) is 1.40. The molecule has 2 heterocycles. The van der Waals surface area contributed by atoms with E-state index in [0.717, 1.165) is 18.8 Å². The maximum Gasteiger partial charge on any atom is 0.107 e. The standard InChI is InChI=1S/C9H13N5/c1-2-6-14(5-1)8-10-4-3-9-7-11-13-12-9/h3-4,7-8H,1-2,5-6H2,(H,11,12,13)/b4-3+,10-8?. The van der Waals surface area contributed by atoms with Gasteiger partial charge >= 0.3 is 0 Å². The molecule has 1 fully saturated rings. The highest BCUT2D eigenvalue weighted by Crippen LogP contribution is 2.04. The Labute approximate surface area is 82.5 Å². The lowest BCUT2D eigenvalue weighted by atomic mass is 10.4. The van der Waals surface area contributed by atoms with Crippen molar-refractivity contribution in [2.45, 2.75) is 12.8 Å². The van der Waals surface area contributed by atoms with Gasteiger partial charge in [0.05, 0.1) is 12.5 Å². The van der Waals surface area contributed by atoms with Gasteiger partial charge in [0.25, 0.3) is 0 Å². The summed E-state index contributed by atoms with van der Waals surface area (Å²) < 4.78 is 0. The molecule has 14 heavy (non-hydrogen) atoms. The summed E-state index contributed by atoms with van der Waals surface area (Å²) in [7, 11) is 0. The van der Waals surface area contributed by atoms with E-state index in [2.05, 4.69) is 25.3 Å². The zero-order valence-corrected chi connectivity index (χ0v) is 7.93. The molecular weight excluding hydrogens is 178 g/mol. The van der Waals surface area contributed by atoms with Gasteiger partial charge in [0, 0.05) is 19.3 Å². The Morgan fingerprint density at radius 3 is 3.00 bits per heavy atom. The number of likely N-dealkylation sites (tertiary alicyclic amines) is 1. The van der Waals surface area contributed by atoms with Crippen LogP contribution in [0.1, 0.15) is 18.5 Å². The summed E-state index contributed by atoms with van der Waals surface area (Å²) in [6, 6.07) is 0. The van der Waals surface area contributed by atoms with Crippen molar-refractivity contribution < 1.29 is 0 Å². The van der Waals surface area contributed by atoms with Crippen molar-refractivity contribution in [1.82, 2.24) is 20.3 Å². The minimum Gasteiger partial charge on any atom is -0.363 e. The average Bonchev–Trinajstić information content (AvgIpc) is 2.86. The van der Waals surface area contributed by atoms with Crippen LogP contribution in [0.5, 0.6) is 0 Å². The van der Waals surface area contributed by atoms with Crippen LogP contribution < -0.4 is 0 Å². The number of aliphatic imine (C=N–C) groups is 1. The lowest BCUT2D eigenvalue weighted by molar-refractivity contribution is 0.536. The second-order valence-electron chi connectivity index (χ2n) is 3.22. The molecule has 0 aromatic carbocycles. The number of aromatic amines is 1. The fraction of sp³-hybridized carbons (Fsp3) is 0.444. The van der Waals surface area contributed by atoms with Gasteiger partial charge in [0.15, 0.2) is 0 Å². The van der Waals surface area contributed by atoms with Crippen molar-refractivity contribution in [2.75, 3.05) is 13.1 Å². The summed E-state index contributed by atoms with van der Waals surface area (Å²) in [6.45, 7) is 2.25. The van der Waals surface area contributed by atoms with Gasteiger partial charge in [-0.25, -0.2) is 4.99 Å². The molecule has 1 aromatic rings. The normalized spacial score (nSPS) is 17.6. The Morgan fingerprint density at radius 1 is 1.43 bits per heavy atom. The Morgan fingerprint density at radius 2 is 2.29 bits per heavy atom. The first-order chi connectivity index (χ1) is 6.95. The van der Waals surface area contributed by atoms with Crippen LogP contribution in [0.25, 0.3) is 6.08 Å². The third-order valence-electron chi connectivity index (χ3n) is 2.14. The molecule has 74 valence electrons. The number of hydrogen-bond acceptors (Lipinski definition) is 3. The van der Waals surface area contributed by atoms with Crippen LogP contribution in [-0.2, 0) is 0 Å². The van der Waals surface area contributed by atoms with Gasteiger partial charge in [-0.1, -0.05) is 0 Å². The predicted molar refractivity (Wildman–Crippen MR) is 54.7 cm³/mol. The maximum atomic E-state index is 4.17. The van der Waals surface area contributed by atoms with E-state index in [0.29, 0.717) is 0 Å². The first-order valence-electron chi connectivity index (χ1n) is 4.75. The summed E-state index contributed by atoms with van der Waals surface area (Å²) in [5.41, 5.74) is 0.795. The molecule has 1 aliphatic rings. The molecule has 2 rings (SSSR count). The molecule has 0 radical (unpaired) electrons. The van der Waals surface area contributed by atoms with E-state index in [1.165, 1.54) is 12.8 Å². The first kappa shape index (κ1) is 8.93. The molecule has 0 spiro atoms. The molecule has 1 aromatic heterocycles. The van der Waals surface area contributed by atoms with Crippen molar-refractivity contribution in [3.8, 4) is 0 Å². The quantitative estimate of drug-likeness (QED) is 0.570. The van der Waals surface area contributed by atoms with Crippen molar-refractivity contribution in [1.29, 1.82) is 0 Å². The molecule has 5 nitrogen and oxygen atoms in total. The molecular formula is C9H13N5. The van der Waals surface area contributed by atoms with E-state index in [1.54, 1.807) is 12.4 Å². The van der Waals surface area contributed by atoms with E-state index in [4.69, 9.17) is 0 Å². The second kappa shape index (κ2) is 4.55. The highest BCUT2D eigenvalue weighted by atomic mass is 15.3. The summed E-state index contributed by atoms with van der Waals surface area (Å²) in [5.74, 6) is 0. The molecule has 5 heteroatoms. The summed E-state index contributed by atoms with van der Waals surface area (Å²) >= 11 is 0. The zero-order chi connectivity index (χ0) is 9.64. The van der Waals surface area contributed by atoms with E-state index in [1.807, 2.05) is 12.4 Å². The lowest BCUT2D eigenvalue weighted by Gasteiger charge is -2.07. The lowest BCUT2D eigenvalue weighted by Crippen LogP contribution is -2.15. The summed E-state index contributed by atoms with van der Waals surface area (Å²) in [4.78, 5) is 6.38. The van der Waals surface area contributed by atoms with Crippen LogP contribution in [0.15, 0.2) is 17.4 Å². The molecule has 0 aliphatic carbocycles. The fourth-order valence-corrected chi connectivity index (χ4v) is 1.40. The van der Waals surface area contributed by atoms with E-state index < -0.39 is 0 Å². The van der Waals surface area contributed by atoms with Crippen LogP contribution in [0, 0.1) is 0 Å². The largest absolute Gasteiger partial charge is 0.363 e. The van der Waals surface area contributed by atoms with Crippen LogP contribution in [0.4, 0.5) is 0 Å². The van der Waals surface area contributed by atoms with Crippen molar-refractivity contribution in [3.05, 3.63) is 18.1 Å². The molecule has 1 aliphatic heterocycles. The third kappa shape index (κ3) is 2.42. The minimum atomic E-state index is 0.795. The van der Waals surface area contributed by atoms with Crippen LogP contribution in [0.2, 0.25) is 0 Å². The van der Waals surface area contributed by atoms with Crippen LogP contribution >= 0.6 is 0 Å². The van der Waals surface area contributed by atoms with Crippen molar-refractivity contribution in [3.63, 3.8) is 0 Å². The molecule has 1 N–H and O–H groups in total. The van der Waals surface area contributed by atoms with Crippen molar-refractivity contribution in [2.24, 2.45) is 4.99 Å². The number of nitrogens with zero attached hydrogens (tertiary/aromatic N) is 4. The van der Waals surface area contributed by atoms with E-state index in [9.17, 15) is 0 Å². The highest BCUT2D eigenvalue weighted by molar-refractivity contribution is 5.57. The molecule has 1 saturated heterocycles. The van der Waals surface area contributed by atoms with Crippen LogP contribution in [0.3, 0.4) is 0 Å². The van der Waals surface area contributed by atoms with Gasteiger partial charge in [-0.3, -0.25) is 0 Å². The monoisotopic (exact) mass is 191 g/mol. The molecule has 0 atom stereocenters. The Bertz CT molecular complexity index is 308. The van der Waals surface area contributed by atoms with Gasteiger partial charge < -0.3 is 4.90 Å². The van der Waals surface area contributed by atoms with Crippen LogP contribution in [-0.4, -0.2) is 39.7 Å². The summed E-state index contributed by atoms with van der Waals surface area (Å²) in [5, 5.41) is 10.1. The van der Waals surface area contributed by atoms with E-state index in [-0.39, 0.29) is 0 Å². The van der Waals surface area contributed by atoms with E-state index >= 15 is 0 Å². The number of nitrogens with one attached hydrogen (secondary N) is 1. The second-order valence-corrected chi connectivity index (χ2v) is 3.22. The molecule has 0 amide bonds. The Kier molecular flexibility index (Phi) is 2.90. The van der Waals surface area contributed by atoms with Crippen molar-refractivity contribution >= 4 is 12.4 Å². The Balaban J connectivity index is 1.81. The first-order valence-corrected chi connectivity index (χ1v) is 4.75. The van der Waals surface area contributed by atoms with Gasteiger partial charge in [-0.15, -0.1) is 0 Å². The van der Waals surface area contributed by atoms with Gasteiger partial charge in [0.2, 0.25) is 0 Å². The zero-order valence-electron chi connectivity index (χ0n) is 7.93. The third-order valence-corrected chi connectivity index (χ3v) is 2.14. The summed E-state index contributed by atoms with van der Waals surface area (Å²) in [6.07, 6.45) is 9.63. The molecule has 0 unspecified atom stereocenters. The highest BCUT2D eigenvalue weighted by Gasteiger charge is 2.05.